The molecule has 18 heavy (non-hydrogen) atoms. The van der Waals surface area contributed by atoms with Gasteiger partial charge in [-0.15, -0.1) is 0 Å². The lowest BCUT2D eigenvalue weighted by Crippen LogP contribution is -2.44. The predicted octanol–water partition coefficient (Wildman–Crippen LogP) is 3.93. The highest BCUT2D eigenvalue weighted by Crippen LogP contribution is 2.23. The van der Waals surface area contributed by atoms with Crippen molar-refractivity contribution in [1.29, 1.82) is 0 Å². The molecule has 0 radical (unpaired) electrons. The van der Waals surface area contributed by atoms with Gasteiger partial charge in [-0.1, -0.05) is 18.0 Å². The van der Waals surface area contributed by atoms with E-state index in [-0.39, 0.29) is 0 Å². The van der Waals surface area contributed by atoms with Gasteiger partial charge in [-0.2, -0.15) is 0 Å². The quantitative estimate of drug-likeness (QED) is 0.768. The Balaban J connectivity index is 1.91. The highest BCUT2D eigenvalue weighted by atomic mass is 35.5. The fraction of sp³-hybridized carbons (Fsp3) is 0.667. The molecule has 1 aromatic rings. The van der Waals surface area contributed by atoms with Crippen LogP contribution in [0, 0.1) is 0 Å². The smallest absolute Gasteiger partial charge is 0.129 e. The van der Waals surface area contributed by atoms with Crippen molar-refractivity contribution in [3.63, 3.8) is 0 Å². The fourth-order valence-corrected chi connectivity index (χ4v) is 3.14. The lowest BCUT2D eigenvalue weighted by atomic mass is 9.95. The van der Waals surface area contributed by atoms with Gasteiger partial charge in [-0.05, 0) is 63.8 Å². The first-order chi connectivity index (χ1) is 8.66. The molecule has 100 valence electrons. The van der Waals surface area contributed by atoms with Crippen LogP contribution >= 0.6 is 11.6 Å². The number of hydrogen-bond acceptors (Lipinski definition) is 2. The Labute approximate surface area is 115 Å². The van der Waals surface area contributed by atoms with Crippen LogP contribution in [0.15, 0.2) is 18.3 Å². The molecular formula is C15H23ClN2. The molecule has 2 nitrogen and oxygen atoms in total. The maximum Gasteiger partial charge on any atom is 0.129 e. The molecule has 2 rings (SSSR count). The molecule has 0 bridgehead atoms. The average Bonchev–Trinajstić information content (AvgIpc) is 2.37. The molecule has 1 aromatic heterocycles. The van der Waals surface area contributed by atoms with Gasteiger partial charge in [0.15, 0.2) is 0 Å². The number of halogens is 1. The van der Waals surface area contributed by atoms with Gasteiger partial charge in [0, 0.05) is 18.3 Å². The highest BCUT2D eigenvalue weighted by molar-refractivity contribution is 6.29. The minimum atomic E-state index is 0.608. The Hall–Kier alpha value is -0.600. The van der Waals surface area contributed by atoms with E-state index >= 15 is 0 Å². The Morgan fingerprint density at radius 2 is 2.28 bits per heavy atom. The lowest BCUT2D eigenvalue weighted by molar-refractivity contribution is 0.105. The van der Waals surface area contributed by atoms with Crippen LogP contribution in [0.25, 0.3) is 0 Å². The maximum atomic E-state index is 5.92. The van der Waals surface area contributed by atoms with E-state index < -0.39 is 0 Å². The van der Waals surface area contributed by atoms with Crippen LogP contribution in [0.2, 0.25) is 5.15 Å². The molecule has 1 unspecified atom stereocenters. The van der Waals surface area contributed by atoms with Crippen LogP contribution in [0.1, 0.15) is 45.1 Å². The van der Waals surface area contributed by atoms with Crippen LogP contribution < -0.4 is 0 Å². The molecular weight excluding hydrogens is 244 g/mol. The van der Waals surface area contributed by atoms with Crippen molar-refractivity contribution >= 4 is 11.6 Å². The zero-order valence-electron chi connectivity index (χ0n) is 11.4. The van der Waals surface area contributed by atoms with Crippen LogP contribution in [0.4, 0.5) is 0 Å². The lowest BCUT2D eigenvalue weighted by Gasteiger charge is -2.38. The molecule has 1 fully saturated rings. The minimum Gasteiger partial charge on any atom is -0.298 e. The van der Waals surface area contributed by atoms with Gasteiger partial charge >= 0.3 is 0 Å². The van der Waals surface area contributed by atoms with Crippen molar-refractivity contribution in [2.24, 2.45) is 0 Å². The van der Waals surface area contributed by atoms with Gasteiger partial charge in [-0.25, -0.2) is 4.98 Å². The first-order valence-electron chi connectivity index (χ1n) is 7.03. The normalized spacial score (nSPS) is 21.4. The zero-order valence-corrected chi connectivity index (χ0v) is 12.2. The summed E-state index contributed by atoms with van der Waals surface area (Å²) in [6.07, 6.45) is 8.23. The highest BCUT2D eigenvalue weighted by Gasteiger charge is 2.23. The molecule has 0 N–H and O–H groups in total. The monoisotopic (exact) mass is 266 g/mol. The largest absolute Gasteiger partial charge is 0.298 e. The van der Waals surface area contributed by atoms with Crippen molar-refractivity contribution in [3.05, 3.63) is 29.0 Å². The second-order valence-corrected chi connectivity index (χ2v) is 5.89. The van der Waals surface area contributed by atoms with Gasteiger partial charge in [0.05, 0.1) is 0 Å². The van der Waals surface area contributed by atoms with Crippen LogP contribution in [0.5, 0.6) is 0 Å². The topological polar surface area (TPSA) is 16.1 Å². The summed E-state index contributed by atoms with van der Waals surface area (Å²) in [7, 11) is 0. The molecule has 1 atom stereocenters. The summed E-state index contributed by atoms with van der Waals surface area (Å²) in [6.45, 7) is 5.88. The molecule has 3 heteroatoms. The summed E-state index contributed by atoms with van der Waals surface area (Å²) in [5.41, 5.74) is 1.31. The molecule has 0 aromatic carbocycles. The second-order valence-electron chi connectivity index (χ2n) is 5.51. The van der Waals surface area contributed by atoms with E-state index in [4.69, 9.17) is 11.6 Å². The zero-order chi connectivity index (χ0) is 13.0. The summed E-state index contributed by atoms with van der Waals surface area (Å²) < 4.78 is 0. The van der Waals surface area contributed by atoms with Crippen molar-refractivity contribution in [2.75, 3.05) is 6.54 Å². The van der Waals surface area contributed by atoms with E-state index in [2.05, 4.69) is 29.8 Å². The van der Waals surface area contributed by atoms with Gasteiger partial charge in [0.25, 0.3) is 0 Å². The Kier molecular flexibility index (Phi) is 5.02. The van der Waals surface area contributed by atoms with Crippen molar-refractivity contribution in [3.8, 4) is 0 Å². The number of aryl methyl sites for hydroxylation is 1. The number of nitrogens with zero attached hydrogens (tertiary/aromatic N) is 2. The summed E-state index contributed by atoms with van der Waals surface area (Å²) in [4.78, 5) is 6.69. The van der Waals surface area contributed by atoms with E-state index in [0.29, 0.717) is 11.2 Å². The van der Waals surface area contributed by atoms with Gasteiger partial charge in [0.1, 0.15) is 5.15 Å². The number of likely N-dealkylation sites (tertiary alicyclic amines) is 1. The predicted molar refractivity (Wildman–Crippen MR) is 77.0 cm³/mol. The van der Waals surface area contributed by atoms with Gasteiger partial charge < -0.3 is 0 Å². The summed E-state index contributed by atoms with van der Waals surface area (Å²) in [6, 6.07) is 5.47. The van der Waals surface area contributed by atoms with Crippen molar-refractivity contribution < 1.29 is 0 Å². The molecule has 1 saturated heterocycles. The SMILES string of the molecule is CC(C)N1CCCCC1CCc1ccnc(Cl)c1. The first kappa shape index (κ1) is 13.8. The average molecular weight is 267 g/mol. The number of aromatic nitrogens is 1. The van der Waals surface area contributed by atoms with Gasteiger partial charge in [-0.3, -0.25) is 4.90 Å². The Morgan fingerprint density at radius 1 is 1.44 bits per heavy atom. The summed E-state index contributed by atoms with van der Waals surface area (Å²) in [5, 5.41) is 0.608. The molecule has 0 amide bonds. The van der Waals surface area contributed by atoms with E-state index in [9.17, 15) is 0 Å². The molecule has 1 aliphatic heterocycles. The number of hydrogen-bond donors (Lipinski definition) is 0. The third kappa shape index (κ3) is 3.69. The van der Waals surface area contributed by atoms with Crippen LogP contribution in [0.3, 0.4) is 0 Å². The minimum absolute atomic E-state index is 0.608. The van der Waals surface area contributed by atoms with E-state index in [1.54, 1.807) is 6.20 Å². The Morgan fingerprint density at radius 3 is 3.00 bits per heavy atom. The first-order valence-corrected chi connectivity index (χ1v) is 7.41. The van der Waals surface area contributed by atoms with Crippen LogP contribution in [-0.2, 0) is 6.42 Å². The Bertz CT molecular complexity index is 379. The van der Waals surface area contributed by atoms with E-state index in [0.717, 1.165) is 12.5 Å². The molecule has 2 heterocycles. The van der Waals surface area contributed by atoms with Gasteiger partial charge in [0.2, 0.25) is 0 Å². The number of piperidine rings is 1. The summed E-state index contributed by atoms with van der Waals surface area (Å²) >= 11 is 5.92. The van der Waals surface area contributed by atoms with Crippen molar-refractivity contribution in [1.82, 2.24) is 9.88 Å². The van der Waals surface area contributed by atoms with E-state index in [1.807, 2.05) is 6.07 Å². The third-order valence-electron chi connectivity index (χ3n) is 3.89. The molecule has 0 aliphatic carbocycles. The second kappa shape index (κ2) is 6.53. The molecule has 0 spiro atoms. The molecule has 1 aliphatic rings. The maximum absolute atomic E-state index is 5.92. The summed E-state index contributed by atoms with van der Waals surface area (Å²) in [5.74, 6) is 0. The van der Waals surface area contributed by atoms with E-state index in [1.165, 1.54) is 37.8 Å². The van der Waals surface area contributed by atoms with Crippen LogP contribution in [-0.4, -0.2) is 28.5 Å². The van der Waals surface area contributed by atoms with Crippen molar-refractivity contribution in [2.45, 2.75) is 58.0 Å². The number of pyridine rings is 1. The number of rotatable bonds is 4. The third-order valence-corrected chi connectivity index (χ3v) is 4.10. The standard InChI is InChI=1S/C15H23ClN2/c1-12(2)18-10-4-3-5-14(18)7-6-13-8-9-17-15(16)11-13/h8-9,11-12,14H,3-7,10H2,1-2H3. The fourth-order valence-electron chi connectivity index (χ4n) is 2.94. The molecule has 0 saturated carbocycles.